The van der Waals surface area contributed by atoms with E-state index >= 15 is 0 Å². The van der Waals surface area contributed by atoms with E-state index in [1.165, 1.54) is 14.2 Å². The number of benzene rings is 1. The third-order valence-electron chi connectivity index (χ3n) is 2.82. The van der Waals surface area contributed by atoms with Gasteiger partial charge < -0.3 is 5.32 Å². The highest BCUT2D eigenvalue weighted by Gasteiger charge is 2.15. The van der Waals surface area contributed by atoms with Crippen molar-refractivity contribution >= 4 is 59.1 Å². The average Bonchev–Trinajstić information content (AvgIpc) is 2.74. The monoisotopic (exact) mass is 465 g/mol. The Balaban J connectivity index is 2.23. The number of hydrogen-bond acceptors (Lipinski definition) is 2. The van der Waals surface area contributed by atoms with E-state index in [1.54, 1.807) is 11.3 Å². The Morgan fingerprint density at radius 3 is 2.53 bits per heavy atom. The minimum Gasteiger partial charge on any atom is -0.310 e. The van der Waals surface area contributed by atoms with Crippen molar-refractivity contribution in [2.24, 2.45) is 0 Å². The molecular formula is C14H14Br3NS. The van der Waals surface area contributed by atoms with Gasteiger partial charge in [-0.2, -0.15) is 0 Å². The van der Waals surface area contributed by atoms with Crippen molar-refractivity contribution in [2.75, 3.05) is 6.54 Å². The Hall–Kier alpha value is 0.320. The van der Waals surface area contributed by atoms with Crippen LogP contribution in [0, 0.1) is 0 Å². The van der Waals surface area contributed by atoms with E-state index in [9.17, 15) is 0 Å². The van der Waals surface area contributed by atoms with E-state index in [1.807, 2.05) is 0 Å². The van der Waals surface area contributed by atoms with Gasteiger partial charge in [-0.3, -0.25) is 0 Å². The fourth-order valence-electron chi connectivity index (χ4n) is 1.99. The van der Waals surface area contributed by atoms with Crippen molar-refractivity contribution in [3.63, 3.8) is 0 Å². The minimum atomic E-state index is 0.332. The Morgan fingerprint density at radius 1 is 1.16 bits per heavy atom. The lowest BCUT2D eigenvalue weighted by Crippen LogP contribution is -2.23. The second kappa shape index (κ2) is 7.36. The molecule has 0 amide bonds. The minimum absolute atomic E-state index is 0.332. The molecule has 1 heterocycles. The van der Waals surface area contributed by atoms with E-state index in [2.05, 4.69) is 90.4 Å². The van der Waals surface area contributed by atoms with Crippen LogP contribution in [0.5, 0.6) is 0 Å². The zero-order valence-electron chi connectivity index (χ0n) is 10.4. The predicted octanol–water partition coefficient (Wildman–Crippen LogP) is 5.93. The van der Waals surface area contributed by atoms with Crippen LogP contribution in [0.15, 0.2) is 43.1 Å². The predicted molar refractivity (Wildman–Crippen MR) is 94.0 cm³/mol. The van der Waals surface area contributed by atoms with E-state index in [-0.39, 0.29) is 0 Å². The lowest BCUT2D eigenvalue weighted by Gasteiger charge is -2.19. The number of halogens is 3. The molecule has 5 heteroatoms. The third kappa shape index (κ3) is 4.39. The molecule has 1 unspecified atom stereocenters. The van der Waals surface area contributed by atoms with Crippen LogP contribution in [-0.2, 0) is 6.42 Å². The average molecular weight is 468 g/mol. The first-order valence-corrected chi connectivity index (χ1v) is 9.22. The summed E-state index contributed by atoms with van der Waals surface area (Å²) in [6.07, 6.45) is 1.00. The van der Waals surface area contributed by atoms with Crippen molar-refractivity contribution in [2.45, 2.75) is 19.4 Å². The molecule has 0 saturated carbocycles. The van der Waals surface area contributed by atoms with Crippen LogP contribution < -0.4 is 5.32 Å². The summed E-state index contributed by atoms with van der Waals surface area (Å²) in [6.45, 7) is 3.10. The lowest BCUT2D eigenvalue weighted by atomic mass is 10.0. The third-order valence-corrected chi connectivity index (χ3v) is 5.65. The molecule has 0 bridgehead atoms. The van der Waals surface area contributed by atoms with E-state index in [4.69, 9.17) is 0 Å². The van der Waals surface area contributed by atoms with Crippen LogP contribution in [0.2, 0.25) is 0 Å². The van der Waals surface area contributed by atoms with E-state index < -0.39 is 0 Å². The fourth-order valence-corrected chi connectivity index (χ4v) is 4.84. The smallest absolute Gasteiger partial charge is 0.0701 e. The van der Waals surface area contributed by atoms with Crippen molar-refractivity contribution in [1.82, 2.24) is 5.32 Å². The summed E-state index contributed by atoms with van der Waals surface area (Å²) in [4.78, 5) is 1.38. The first-order chi connectivity index (χ1) is 9.10. The second-order valence-electron chi connectivity index (χ2n) is 4.19. The summed E-state index contributed by atoms with van der Waals surface area (Å²) < 4.78 is 3.42. The van der Waals surface area contributed by atoms with Crippen molar-refractivity contribution in [3.8, 4) is 0 Å². The van der Waals surface area contributed by atoms with E-state index in [0.717, 1.165) is 21.9 Å². The van der Waals surface area contributed by atoms with Crippen LogP contribution in [0.4, 0.5) is 0 Å². The van der Waals surface area contributed by atoms with Crippen LogP contribution in [-0.4, -0.2) is 6.54 Å². The molecular weight excluding hydrogens is 454 g/mol. The van der Waals surface area contributed by atoms with Gasteiger partial charge in [0, 0.05) is 26.3 Å². The van der Waals surface area contributed by atoms with Crippen LogP contribution in [0.3, 0.4) is 0 Å². The van der Waals surface area contributed by atoms with Gasteiger partial charge in [0.2, 0.25) is 0 Å². The van der Waals surface area contributed by atoms with Crippen molar-refractivity contribution in [1.29, 1.82) is 0 Å². The van der Waals surface area contributed by atoms with Crippen LogP contribution >= 0.6 is 59.1 Å². The maximum atomic E-state index is 3.66. The highest BCUT2D eigenvalue weighted by atomic mass is 79.9. The molecule has 102 valence electrons. The SMILES string of the molecule is CCNC(Cc1ccc(Br)s1)c1ccc(Br)cc1Br. The largest absolute Gasteiger partial charge is 0.310 e. The highest BCUT2D eigenvalue weighted by Crippen LogP contribution is 2.31. The molecule has 0 aliphatic rings. The van der Waals surface area contributed by atoms with Crippen molar-refractivity contribution < 1.29 is 0 Å². The van der Waals surface area contributed by atoms with Crippen LogP contribution in [0.1, 0.15) is 23.4 Å². The molecule has 0 spiro atoms. The van der Waals surface area contributed by atoms with Crippen LogP contribution in [0.25, 0.3) is 0 Å². The van der Waals surface area contributed by atoms with Gasteiger partial charge in [-0.25, -0.2) is 0 Å². The quantitative estimate of drug-likeness (QED) is 0.574. The molecule has 0 fully saturated rings. The summed E-state index contributed by atoms with van der Waals surface area (Å²) in [5.74, 6) is 0. The summed E-state index contributed by atoms with van der Waals surface area (Å²) in [5.41, 5.74) is 1.30. The second-order valence-corrected chi connectivity index (χ2v) is 8.50. The lowest BCUT2D eigenvalue weighted by molar-refractivity contribution is 0.551. The van der Waals surface area contributed by atoms with Gasteiger partial charge in [0.25, 0.3) is 0 Å². The number of likely N-dealkylation sites (N-methyl/N-ethyl adjacent to an activating group) is 1. The molecule has 0 aliphatic carbocycles. The summed E-state index contributed by atoms with van der Waals surface area (Å²) in [7, 11) is 0. The summed E-state index contributed by atoms with van der Waals surface area (Å²) in [6, 6.07) is 11.0. The van der Waals surface area contributed by atoms with Crippen molar-refractivity contribution in [3.05, 3.63) is 53.5 Å². The number of rotatable bonds is 5. The number of nitrogens with one attached hydrogen (secondary N) is 1. The maximum Gasteiger partial charge on any atom is 0.0701 e. The zero-order chi connectivity index (χ0) is 13.8. The van der Waals surface area contributed by atoms with Gasteiger partial charge in [0.1, 0.15) is 0 Å². The Labute approximate surface area is 143 Å². The molecule has 1 aromatic heterocycles. The first-order valence-electron chi connectivity index (χ1n) is 6.02. The standard InChI is InChI=1S/C14H14Br3NS/c1-2-18-13(8-10-4-6-14(17)19-10)11-5-3-9(15)7-12(11)16/h3-7,13,18H,2,8H2,1H3. The van der Waals surface area contributed by atoms with Gasteiger partial charge in [-0.1, -0.05) is 44.8 Å². The zero-order valence-corrected chi connectivity index (χ0v) is 16.0. The van der Waals surface area contributed by atoms with E-state index in [0.29, 0.717) is 6.04 Å². The van der Waals surface area contributed by atoms with Gasteiger partial charge >= 0.3 is 0 Å². The molecule has 0 aliphatic heterocycles. The molecule has 0 radical (unpaired) electrons. The molecule has 19 heavy (non-hydrogen) atoms. The molecule has 2 aromatic rings. The van der Waals surface area contributed by atoms with Gasteiger partial charge in [-0.15, -0.1) is 11.3 Å². The Bertz CT molecular complexity index is 553. The first kappa shape index (κ1) is 15.7. The summed E-state index contributed by atoms with van der Waals surface area (Å²) >= 11 is 12.5. The molecule has 2 rings (SSSR count). The topological polar surface area (TPSA) is 12.0 Å². The van der Waals surface area contributed by atoms with Gasteiger partial charge in [-0.05, 0) is 52.3 Å². The number of hydrogen-bond donors (Lipinski definition) is 1. The summed E-state index contributed by atoms with van der Waals surface area (Å²) in [5, 5.41) is 3.56. The molecule has 1 N–H and O–H groups in total. The Morgan fingerprint density at radius 2 is 1.95 bits per heavy atom. The van der Waals surface area contributed by atoms with Gasteiger partial charge in [0.05, 0.1) is 3.79 Å². The molecule has 0 saturated heterocycles. The molecule has 1 atom stereocenters. The van der Waals surface area contributed by atoms with Gasteiger partial charge in [0.15, 0.2) is 0 Å². The molecule has 1 nitrogen and oxygen atoms in total. The Kier molecular flexibility index (Phi) is 6.09. The highest BCUT2D eigenvalue weighted by molar-refractivity contribution is 9.11. The fraction of sp³-hybridized carbons (Fsp3) is 0.286. The molecule has 1 aromatic carbocycles. The normalized spacial score (nSPS) is 12.6. The number of thiophene rings is 1. The maximum absolute atomic E-state index is 3.66.